The predicted octanol–water partition coefficient (Wildman–Crippen LogP) is 6.00. The van der Waals surface area contributed by atoms with E-state index in [1.54, 1.807) is 30.3 Å². The number of carbonyl (C=O) groups excluding carboxylic acids is 2. The van der Waals surface area contributed by atoms with Crippen molar-refractivity contribution in [1.82, 2.24) is 5.32 Å². The smallest absolute Gasteiger partial charge is 0.343 e. The highest BCUT2D eigenvalue weighted by atomic mass is 35.5. The van der Waals surface area contributed by atoms with E-state index in [1.165, 1.54) is 23.5 Å². The number of alkyl halides is 3. The van der Waals surface area contributed by atoms with Crippen LogP contribution in [-0.4, -0.2) is 24.7 Å². The molecule has 0 unspecified atom stereocenters. The molecular formula is C20H15ClF3N3O2S. The molecule has 0 fully saturated rings. The van der Waals surface area contributed by atoms with E-state index in [9.17, 15) is 22.8 Å². The fourth-order valence-electron chi connectivity index (χ4n) is 2.59. The van der Waals surface area contributed by atoms with E-state index in [4.69, 9.17) is 11.6 Å². The highest BCUT2D eigenvalue weighted by Gasteiger charge is 2.28. The quantitative estimate of drug-likeness (QED) is 0.443. The molecule has 0 aliphatic carbocycles. The number of thiophene rings is 1. The van der Waals surface area contributed by atoms with E-state index in [1.807, 2.05) is 22.1 Å². The molecule has 0 bridgehead atoms. The Kier molecular flexibility index (Phi) is 6.63. The minimum absolute atomic E-state index is 0.0173. The highest BCUT2D eigenvalue weighted by Crippen LogP contribution is 2.31. The number of benzene rings is 2. The van der Waals surface area contributed by atoms with Crippen LogP contribution >= 0.6 is 22.9 Å². The maximum Gasteiger partial charge on any atom is 0.405 e. The van der Waals surface area contributed by atoms with E-state index in [0.717, 1.165) is 5.56 Å². The number of amides is 3. The van der Waals surface area contributed by atoms with Gasteiger partial charge in [-0.15, -0.1) is 0 Å². The Morgan fingerprint density at radius 1 is 1.03 bits per heavy atom. The molecule has 3 N–H and O–H groups in total. The molecule has 0 aliphatic rings. The van der Waals surface area contributed by atoms with Gasteiger partial charge in [-0.3, -0.25) is 4.79 Å². The van der Waals surface area contributed by atoms with Crippen LogP contribution in [0.1, 0.15) is 10.4 Å². The maximum absolute atomic E-state index is 12.4. The third-order valence-corrected chi connectivity index (χ3v) is 4.81. The van der Waals surface area contributed by atoms with Crippen LogP contribution in [0, 0.1) is 0 Å². The summed E-state index contributed by atoms with van der Waals surface area (Å²) in [5, 5.41) is 11.2. The summed E-state index contributed by atoms with van der Waals surface area (Å²) < 4.78 is 37.1. The van der Waals surface area contributed by atoms with Gasteiger partial charge in [0.2, 0.25) is 0 Å². The van der Waals surface area contributed by atoms with Crippen LogP contribution < -0.4 is 16.0 Å². The van der Waals surface area contributed by atoms with Crippen molar-refractivity contribution in [2.24, 2.45) is 0 Å². The number of carbonyl (C=O) groups is 2. The van der Waals surface area contributed by atoms with Crippen molar-refractivity contribution < 1.29 is 22.8 Å². The number of urea groups is 1. The number of hydrogen-bond donors (Lipinski definition) is 3. The lowest BCUT2D eigenvalue weighted by atomic mass is 10.0. The van der Waals surface area contributed by atoms with Gasteiger partial charge >= 0.3 is 12.2 Å². The second kappa shape index (κ2) is 9.19. The van der Waals surface area contributed by atoms with Gasteiger partial charge < -0.3 is 16.0 Å². The zero-order valence-corrected chi connectivity index (χ0v) is 16.8. The largest absolute Gasteiger partial charge is 0.405 e. The second-order valence-electron chi connectivity index (χ2n) is 6.16. The fraction of sp³-hybridized carbons (Fsp3) is 0.100. The lowest BCUT2D eigenvalue weighted by Crippen LogP contribution is -2.33. The van der Waals surface area contributed by atoms with Crippen LogP contribution in [0.2, 0.25) is 5.02 Å². The summed E-state index contributed by atoms with van der Waals surface area (Å²) in [7, 11) is 0. The molecular weight excluding hydrogens is 439 g/mol. The van der Waals surface area contributed by atoms with Crippen molar-refractivity contribution in [3.8, 4) is 11.1 Å². The lowest BCUT2D eigenvalue weighted by Gasteiger charge is -2.14. The van der Waals surface area contributed by atoms with Gasteiger partial charge in [0.05, 0.1) is 5.69 Å². The Morgan fingerprint density at radius 3 is 2.50 bits per heavy atom. The molecule has 0 saturated carbocycles. The monoisotopic (exact) mass is 453 g/mol. The Labute approximate surface area is 178 Å². The summed E-state index contributed by atoms with van der Waals surface area (Å²) in [4.78, 5) is 24.5. The molecule has 0 atom stereocenters. The summed E-state index contributed by atoms with van der Waals surface area (Å²) in [6.07, 6.45) is -4.52. The summed E-state index contributed by atoms with van der Waals surface area (Å²) in [5.41, 5.74) is 2.12. The summed E-state index contributed by atoms with van der Waals surface area (Å²) in [6, 6.07) is 12.1. The topological polar surface area (TPSA) is 70.2 Å². The van der Waals surface area contributed by atoms with Crippen LogP contribution in [0.5, 0.6) is 0 Å². The first kappa shape index (κ1) is 21.7. The zero-order valence-electron chi connectivity index (χ0n) is 15.2. The summed E-state index contributed by atoms with van der Waals surface area (Å²) >= 11 is 7.34. The van der Waals surface area contributed by atoms with Gasteiger partial charge in [0.1, 0.15) is 6.54 Å². The highest BCUT2D eigenvalue weighted by molar-refractivity contribution is 7.08. The predicted molar refractivity (Wildman–Crippen MR) is 112 cm³/mol. The average molecular weight is 454 g/mol. The zero-order chi connectivity index (χ0) is 21.7. The third kappa shape index (κ3) is 5.98. The number of halogens is 4. The minimum atomic E-state index is -4.52. The van der Waals surface area contributed by atoms with Crippen molar-refractivity contribution in [3.63, 3.8) is 0 Å². The van der Waals surface area contributed by atoms with Gasteiger partial charge in [-0.25, -0.2) is 4.79 Å². The number of rotatable bonds is 5. The maximum atomic E-state index is 12.4. The molecule has 0 aliphatic heterocycles. The normalized spacial score (nSPS) is 11.1. The number of anilines is 2. The molecule has 3 amide bonds. The fourth-order valence-corrected chi connectivity index (χ4v) is 3.44. The van der Waals surface area contributed by atoms with Crippen molar-refractivity contribution in [3.05, 3.63) is 69.9 Å². The molecule has 30 heavy (non-hydrogen) atoms. The van der Waals surface area contributed by atoms with Crippen LogP contribution in [0.25, 0.3) is 11.1 Å². The van der Waals surface area contributed by atoms with Gasteiger partial charge in [0, 0.05) is 21.8 Å². The van der Waals surface area contributed by atoms with Gasteiger partial charge in [-0.2, -0.15) is 24.5 Å². The van der Waals surface area contributed by atoms with Gasteiger partial charge in [-0.05, 0) is 52.7 Å². The molecule has 2 aromatic carbocycles. The SMILES string of the molecule is O=C(Nc1cccc(Cl)c1)Nc1cc(C(=O)NCC(F)(F)F)ccc1-c1ccsc1. The van der Waals surface area contributed by atoms with Crippen LogP contribution in [-0.2, 0) is 0 Å². The van der Waals surface area contributed by atoms with E-state index >= 15 is 0 Å². The van der Waals surface area contributed by atoms with Crippen LogP contribution in [0.4, 0.5) is 29.3 Å². The Bertz CT molecular complexity index is 1060. The minimum Gasteiger partial charge on any atom is -0.343 e. The van der Waals surface area contributed by atoms with E-state index in [0.29, 0.717) is 16.3 Å². The Hall–Kier alpha value is -3.04. The Morgan fingerprint density at radius 2 is 1.83 bits per heavy atom. The third-order valence-electron chi connectivity index (χ3n) is 3.89. The first-order valence-electron chi connectivity index (χ1n) is 8.56. The molecule has 1 aromatic heterocycles. The van der Waals surface area contributed by atoms with Crippen LogP contribution in [0.15, 0.2) is 59.3 Å². The van der Waals surface area contributed by atoms with Crippen molar-refractivity contribution in [2.45, 2.75) is 6.18 Å². The van der Waals surface area contributed by atoms with Gasteiger partial charge in [-0.1, -0.05) is 23.7 Å². The molecule has 3 rings (SSSR count). The molecule has 10 heteroatoms. The lowest BCUT2D eigenvalue weighted by molar-refractivity contribution is -0.123. The molecule has 0 spiro atoms. The van der Waals surface area contributed by atoms with E-state index < -0.39 is 24.7 Å². The molecule has 0 saturated heterocycles. The second-order valence-corrected chi connectivity index (χ2v) is 7.38. The van der Waals surface area contributed by atoms with Crippen molar-refractivity contribution in [1.29, 1.82) is 0 Å². The Balaban J connectivity index is 1.84. The number of hydrogen-bond acceptors (Lipinski definition) is 3. The average Bonchev–Trinajstić information content (AvgIpc) is 3.20. The first-order valence-corrected chi connectivity index (χ1v) is 9.88. The first-order chi connectivity index (χ1) is 14.2. The van der Waals surface area contributed by atoms with Crippen molar-refractivity contribution in [2.75, 3.05) is 17.2 Å². The molecule has 5 nitrogen and oxygen atoms in total. The standard InChI is InChI=1S/C20H15ClF3N3O2S/c21-14-2-1-3-15(9-14)26-19(29)27-17-8-12(18(28)25-11-20(22,23)24)4-5-16(17)13-6-7-30-10-13/h1-10H,11H2,(H,25,28)(H2,26,27,29). The van der Waals surface area contributed by atoms with Gasteiger partial charge in [0.15, 0.2) is 0 Å². The van der Waals surface area contributed by atoms with E-state index in [-0.39, 0.29) is 11.3 Å². The van der Waals surface area contributed by atoms with E-state index in [2.05, 4.69) is 10.6 Å². The van der Waals surface area contributed by atoms with Crippen molar-refractivity contribution >= 4 is 46.3 Å². The molecule has 3 aromatic rings. The molecule has 0 radical (unpaired) electrons. The van der Waals surface area contributed by atoms with Gasteiger partial charge in [0.25, 0.3) is 5.91 Å². The van der Waals surface area contributed by atoms with Crippen LogP contribution in [0.3, 0.4) is 0 Å². The summed E-state index contributed by atoms with van der Waals surface area (Å²) in [5.74, 6) is -0.900. The number of nitrogens with one attached hydrogen (secondary N) is 3. The molecule has 1 heterocycles. The summed E-state index contributed by atoms with van der Waals surface area (Å²) in [6.45, 7) is -1.45. The molecule has 156 valence electrons.